The Morgan fingerprint density at radius 3 is 2.71 bits per heavy atom. The predicted molar refractivity (Wildman–Crippen MR) is 55.9 cm³/mol. The highest BCUT2D eigenvalue weighted by Crippen LogP contribution is 2.36. The van der Waals surface area contributed by atoms with Crippen molar-refractivity contribution >= 4 is 5.91 Å². The smallest absolute Gasteiger partial charge is 0.221 e. The molecule has 3 nitrogen and oxygen atoms in total. The number of nitrogens with one attached hydrogen (secondary N) is 2. The van der Waals surface area contributed by atoms with Crippen molar-refractivity contribution in [1.29, 1.82) is 0 Å². The molecule has 2 atom stereocenters. The molecular formula is C11H20N2O. The summed E-state index contributed by atoms with van der Waals surface area (Å²) in [6.07, 6.45) is 4.36. The van der Waals surface area contributed by atoms with Gasteiger partial charge in [-0.2, -0.15) is 0 Å². The molecule has 0 heterocycles. The number of hydrogen-bond donors (Lipinski definition) is 2. The molecule has 0 bridgehead atoms. The van der Waals surface area contributed by atoms with Gasteiger partial charge in [0.05, 0.1) is 0 Å². The second kappa shape index (κ2) is 4.30. The summed E-state index contributed by atoms with van der Waals surface area (Å²) in [4.78, 5) is 11.3. The molecule has 0 aromatic rings. The maximum absolute atomic E-state index is 11.3. The van der Waals surface area contributed by atoms with Gasteiger partial charge in [0.15, 0.2) is 0 Å². The lowest BCUT2D eigenvalue weighted by molar-refractivity contribution is -0.121. The molecule has 80 valence electrons. The van der Waals surface area contributed by atoms with E-state index >= 15 is 0 Å². The summed E-state index contributed by atoms with van der Waals surface area (Å²) >= 11 is 0. The molecular weight excluding hydrogens is 176 g/mol. The zero-order valence-corrected chi connectivity index (χ0v) is 8.88. The van der Waals surface area contributed by atoms with Gasteiger partial charge in [-0.3, -0.25) is 4.79 Å². The molecule has 2 aliphatic rings. The lowest BCUT2D eigenvalue weighted by Crippen LogP contribution is -2.29. The third-order valence-electron chi connectivity index (χ3n) is 3.15. The molecule has 0 aromatic heterocycles. The average molecular weight is 196 g/mol. The van der Waals surface area contributed by atoms with Crippen LogP contribution in [-0.4, -0.2) is 25.0 Å². The van der Waals surface area contributed by atoms with Gasteiger partial charge >= 0.3 is 0 Å². The molecule has 0 aliphatic heterocycles. The Morgan fingerprint density at radius 1 is 1.43 bits per heavy atom. The van der Waals surface area contributed by atoms with Crippen LogP contribution in [0.15, 0.2) is 0 Å². The van der Waals surface area contributed by atoms with Crippen molar-refractivity contribution in [2.24, 2.45) is 11.8 Å². The van der Waals surface area contributed by atoms with Crippen LogP contribution >= 0.6 is 0 Å². The molecule has 14 heavy (non-hydrogen) atoms. The monoisotopic (exact) mass is 196 g/mol. The summed E-state index contributed by atoms with van der Waals surface area (Å²) in [5.74, 6) is 1.99. The fraction of sp³-hybridized carbons (Fsp3) is 0.909. The van der Waals surface area contributed by atoms with E-state index in [1.54, 1.807) is 0 Å². The Kier molecular flexibility index (Phi) is 3.06. The van der Waals surface area contributed by atoms with Crippen molar-refractivity contribution in [1.82, 2.24) is 10.6 Å². The van der Waals surface area contributed by atoms with Crippen LogP contribution in [-0.2, 0) is 4.79 Å². The van der Waals surface area contributed by atoms with E-state index in [1.807, 2.05) is 0 Å². The maximum Gasteiger partial charge on any atom is 0.221 e. The van der Waals surface area contributed by atoms with E-state index < -0.39 is 0 Å². The van der Waals surface area contributed by atoms with Crippen LogP contribution in [0.3, 0.4) is 0 Å². The van der Waals surface area contributed by atoms with E-state index in [9.17, 15) is 4.79 Å². The lowest BCUT2D eigenvalue weighted by Gasteiger charge is -2.04. The van der Waals surface area contributed by atoms with Crippen LogP contribution in [0.25, 0.3) is 0 Å². The predicted octanol–water partition coefficient (Wildman–Crippen LogP) is 0.901. The Labute approximate surface area is 85.6 Å². The Bertz CT molecular complexity index is 213. The van der Waals surface area contributed by atoms with Gasteiger partial charge in [-0.1, -0.05) is 6.92 Å². The van der Waals surface area contributed by atoms with Gasteiger partial charge in [0.2, 0.25) is 5.91 Å². The van der Waals surface area contributed by atoms with E-state index in [0.717, 1.165) is 24.9 Å². The first kappa shape index (κ1) is 9.97. The van der Waals surface area contributed by atoms with Crippen molar-refractivity contribution in [3.63, 3.8) is 0 Å². The van der Waals surface area contributed by atoms with Crippen LogP contribution in [0.5, 0.6) is 0 Å². The number of carbonyl (C=O) groups excluding carboxylic acids is 1. The summed E-state index contributed by atoms with van der Waals surface area (Å²) in [7, 11) is 0. The fourth-order valence-corrected chi connectivity index (χ4v) is 1.70. The fourth-order valence-electron chi connectivity index (χ4n) is 1.70. The van der Waals surface area contributed by atoms with Crippen molar-refractivity contribution in [3.05, 3.63) is 0 Å². The molecule has 2 unspecified atom stereocenters. The molecule has 2 N–H and O–H groups in total. The molecule has 0 aromatic carbocycles. The van der Waals surface area contributed by atoms with Gasteiger partial charge < -0.3 is 10.6 Å². The van der Waals surface area contributed by atoms with Gasteiger partial charge in [0, 0.05) is 19.0 Å². The summed E-state index contributed by atoms with van der Waals surface area (Å²) in [6, 6.07) is 0.506. The zero-order chi connectivity index (χ0) is 9.97. The minimum atomic E-state index is 0.212. The Morgan fingerprint density at radius 2 is 2.14 bits per heavy atom. The highest BCUT2D eigenvalue weighted by molar-refractivity contribution is 5.76. The van der Waals surface area contributed by atoms with Gasteiger partial charge in [0.25, 0.3) is 0 Å². The number of rotatable bonds is 6. The van der Waals surface area contributed by atoms with Crippen LogP contribution in [0.1, 0.15) is 32.6 Å². The molecule has 2 rings (SSSR count). The van der Waals surface area contributed by atoms with E-state index in [4.69, 9.17) is 0 Å². The van der Waals surface area contributed by atoms with E-state index in [0.29, 0.717) is 12.5 Å². The Hall–Kier alpha value is -0.570. The van der Waals surface area contributed by atoms with Crippen LogP contribution < -0.4 is 10.6 Å². The number of carbonyl (C=O) groups is 1. The second-order valence-corrected chi connectivity index (χ2v) is 4.77. The molecule has 0 radical (unpaired) electrons. The normalized spacial score (nSPS) is 30.1. The first-order valence-electron chi connectivity index (χ1n) is 5.76. The quantitative estimate of drug-likeness (QED) is 0.620. The summed E-state index contributed by atoms with van der Waals surface area (Å²) in [5, 5.41) is 6.33. The largest absolute Gasteiger partial charge is 0.353 e. The first-order chi connectivity index (χ1) is 6.75. The molecule has 1 amide bonds. The van der Waals surface area contributed by atoms with Crippen LogP contribution in [0.4, 0.5) is 0 Å². The molecule has 2 fully saturated rings. The van der Waals surface area contributed by atoms with E-state index in [-0.39, 0.29) is 5.91 Å². The number of amides is 1. The van der Waals surface area contributed by atoms with Crippen molar-refractivity contribution in [2.75, 3.05) is 13.1 Å². The van der Waals surface area contributed by atoms with Gasteiger partial charge in [-0.05, 0) is 37.6 Å². The highest BCUT2D eigenvalue weighted by Gasteiger charge is 2.31. The zero-order valence-electron chi connectivity index (χ0n) is 8.88. The summed E-state index contributed by atoms with van der Waals surface area (Å²) in [5.41, 5.74) is 0. The van der Waals surface area contributed by atoms with Crippen molar-refractivity contribution in [3.8, 4) is 0 Å². The third kappa shape index (κ3) is 3.29. The minimum absolute atomic E-state index is 0.212. The average Bonchev–Trinajstić information content (AvgIpc) is 3.01. The summed E-state index contributed by atoms with van der Waals surface area (Å²) in [6.45, 7) is 4.21. The molecule has 3 heteroatoms. The third-order valence-corrected chi connectivity index (χ3v) is 3.15. The minimum Gasteiger partial charge on any atom is -0.353 e. The molecule has 2 saturated carbocycles. The lowest BCUT2D eigenvalue weighted by atomic mass is 10.3. The van der Waals surface area contributed by atoms with Crippen LogP contribution in [0, 0.1) is 11.8 Å². The van der Waals surface area contributed by atoms with Gasteiger partial charge in [-0.15, -0.1) is 0 Å². The van der Waals surface area contributed by atoms with Crippen molar-refractivity contribution in [2.45, 2.75) is 38.6 Å². The number of hydrogen-bond acceptors (Lipinski definition) is 2. The second-order valence-electron chi connectivity index (χ2n) is 4.77. The molecule has 2 aliphatic carbocycles. The van der Waals surface area contributed by atoms with Gasteiger partial charge in [-0.25, -0.2) is 0 Å². The maximum atomic E-state index is 11.3. The summed E-state index contributed by atoms with van der Waals surface area (Å²) < 4.78 is 0. The van der Waals surface area contributed by atoms with Gasteiger partial charge in [0.1, 0.15) is 0 Å². The first-order valence-corrected chi connectivity index (χ1v) is 5.76. The molecule has 0 saturated heterocycles. The highest BCUT2D eigenvalue weighted by atomic mass is 16.1. The van der Waals surface area contributed by atoms with E-state index in [2.05, 4.69) is 17.6 Å². The van der Waals surface area contributed by atoms with Crippen LogP contribution in [0.2, 0.25) is 0 Å². The van der Waals surface area contributed by atoms with Crippen molar-refractivity contribution < 1.29 is 4.79 Å². The Balaban J connectivity index is 1.43. The SMILES string of the molecule is CC1CC1CNCCC(=O)NC1CC1. The standard InChI is InChI=1S/C11H20N2O/c1-8-6-9(8)7-12-5-4-11(14)13-10-2-3-10/h8-10,12H,2-7H2,1H3,(H,13,14). The van der Waals surface area contributed by atoms with E-state index in [1.165, 1.54) is 19.3 Å². The topological polar surface area (TPSA) is 41.1 Å². The molecule has 0 spiro atoms.